The van der Waals surface area contributed by atoms with Crippen LogP contribution in [-0.4, -0.2) is 31.0 Å². The third-order valence-corrected chi connectivity index (χ3v) is 6.12. The van der Waals surface area contributed by atoms with E-state index in [4.69, 9.17) is 0 Å². The zero-order valence-electron chi connectivity index (χ0n) is 17.2. The highest BCUT2D eigenvalue weighted by molar-refractivity contribution is 7.94. The second-order valence-corrected chi connectivity index (χ2v) is 10.4. The number of nitrogens with one attached hydrogen (secondary N) is 3. The van der Waals surface area contributed by atoms with Gasteiger partial charge in [-0.2, -0.15) is 0 Å². The fourth-order valence-corrected chi connectivity index (χ4v) is 3.04. The summed E-state index contributed by atoms with van der Waals surface area (Å²) in [6.45, 7) is 8.55. The maximum absolute atomic E-state index is 12.5. The molecule has 0 atom stereocenters. The number of hydrogen-bond acceptors (Lipinski definition) is 4. The summed E-state index contributed by atoms with van der Waals surface area (Å²) in [4.78, 5) is 24.6. The van der Waals surface area contributed by atoms with Crippen LogP contribution in [0.15, 0.2) is 48.5 Å². The number of anilines is 2. The molecule has 0 heterocycles. The molecule has 2 amide bonds. The van der Waals surface area contributed by atoms with Crippen molar-refractivity contribution in [3.8, 4) is 0 Å². The Labute approximate surface area is 172 Å². The molecule has 0 aromatic heterocycles. The molecule has 0 saturated heterocycles. The molecule has 2 aromatic rings. The molecule has 0 aliphatic rings. The Morgan fingerprint density at radius 3 is 2.03 bits per heavy atom. The van der Waals surface area contributed by atoms with Gasteiger partial charge in [-0.25, -0.2) is 8.42 Å². The Hall–Kier alpha value is -2.87. The normalized spacial score (nSPS) is 11.8. The fraction of sp³-hybridized carbons (Fsp3) is 0.333. The van der Waals surface area contributed by atoms with E-state index in [0.717, 1.165) is 0 Å². The topological polar surface area (TPSA) is 104 Å². The van der Waals surface area contributed by atoms with Crippen molar-refractivity contribution in [2.24, 2.45) is 0 Å². The van der Waals surface area contributed by atoms with E-state index in [1.54, 1.807) is 45.0 Å². The zero-order valence-corrected chi connectivity index (χ0v) is 18.1. The van der Waals surface area contributed by atoms with Gasteiger partial charge >= 0.3 is 0 Å². The number of amides is 2. The number of hydrogen-bond donors (Lipinski definition) is 3. The van der Waals surface area contributed by atoms with Crippen molar-refractivity contribution in [3.63, 3.8) is 0 Å². The predicted molar refractivity (Wildman–Crippen MR) is 116 cm³/mol. The molecular weight excluding hydrogens is 390 g/mol. The minimum atomic E-state index is -3.54. The van der Waals surface area contributed by atoms with E-state index >= 15 is 0 Å². The van der Waals surface area contributed by atoms with Gasteiger partial charge in [0.25, 0.3) is 11.8 Å². The van der Waals surface area contributed by atoms with Crippen LogP contribution in [0.4, 0.5) is 11.4 Å². The first-order chi connectivity index (χ1) is 13.4. The first-order valence-corrected chi connectivity index (χ1v) is 10.7. The first kappa shape index (κ1) is 22.4. The SMILES string of the molecule is CC(C)NC(=O)c1cccc(NC(=O)c2ccc(NS(=O)(=O)C(C)(C)C)cc2)c1. The van der Waals surface area contributed by atoms with Gasteiger partial charge in [0.05, 0.1) is 4.75 Å². The third-order valence-electron chi connectivity index (χ3n) is 4.01. The van der Waals surface area contributed by atoms with Gasteiger partial charge in [-0.3, -0.25) is 14.3 Å². The minimum absolute atomic E-state index is 0.00923. The first-order valence-electron chi connectivity index (χ1n) is 9.24. The van der Waals surface area contributed by atoms with Gasteiger partial charge in [0.2, 0.25) is 10.0 Å². The Morgan fingerprint density at radius 1 is 0.862 bits per heavy atom. The molecule has 0 unspecified atom stereocenters. The lowest BCUT2D eigenvalue weighted by Crippen LogP contribution is -2.33. The molecule has 0 saturated carbocycles. The van der Waals surface area contributed by atoms with Gasteiger partial charge < -0.3 is 10.6 Å². The molecule has 2 aromatic carbocycles. The van der Waals surface area contributed by atoms with Gasteiger partial charge in [0.15, 0.2) is 0 Å². The average Bonchev–Trinajstić information content (AvgIpc) is 2.60. The van der Waals surface area contributed by atoms with Gasteiger partial charge in [0, 0.05) is 28.5 Å². The van der Waals surface area contributed by atoms with Crippen molar-refractivity contribution in [1.82, 2.24) is 5.32 Å². The van der Waals surface area contributed by atoms with Crippen LogP contribution >= 0.6 is 0 Å². The summed E-state index contributed by atoms with van der Waals surface area (Å²) in [5.41, 5.74) is 1.68. The largest absolute Gasteiger partial charge is 0.350 e. The van der Waals surface area contributed by atoms with Gasteiger partial charge in [-0.1, -0.05) is 6.07 Å². The Balaban J connectivity index is 2.09. The second-order valence-electron chi connectivity index (χ2n) is 7.96. The number of rotatable bonds is 6. The number of carbonyl (C=O) groups is 2. The van der Waals surface area contributed by atoms with Crippen molar-refractivity contribution < 1.29 is 18.0 Å². The average molecular weight is 418 g/mol. The molecule has 8 heteroatoms. The molecule has 0 aliphatic carbocycles. The fourth-order valence-electron chi connectivity index (χ4n) is 2.28. The number of sulfonamides is 1. The summed E-state index contributed by atoms with van der Waals surface area (Å²) < 4.78 is 26.0. The molecule has 2 rings (SSSR count). The van der Waals surface area contributed by atoms with Gasteiger partial charge in [-0.05, 0) is 77.1 Å². The van der Waals surface area contributed by atoms with Crippen LogP contribution in [0.5, 0.6) is 0 Å². The number of benzene rings is 2. The van der Waals surface area contributed by atoms with Crippen LogP contribution in [0.2, 0.25) is 0 Å². The summed E-state index contributed by atoms with van der Waals surface area (Å²) in [5, 5.41) is 5.54. The maximum Gasteiger partial charge on any atom is 0.255 e. The molecule has 29 heavy (non-hydrogen) atoms. The van der Waals surface area contributed by atoms with E-state index in [0.29, 0.717) is 22.5 Å². The zero-order chi connectivity index (χ0) is 21.8. The number of carbonyl (C=O) groups excluding carboxylic acids is 2. The summed E-state index contributed by atoms with van der Waals surface area (Å²) >= 11 is 0. The highest BCUT2D eigenvalue weighted by Gasteiger charge is 2.28. The van der Waals surface area contributed by atoms with E-state index in [1.807, 2.05) is 13.8 Å². The van der Waals surface area contributed by atoms with Crippen LogP contribution in [0, 0.1) is 0 Å². The lowest BCUT2D eigenvalue weighted by atomic mass is 10.1. The van der Waals surface area contributed by atoms with Crippen molar-refractivity contribution in [1.29, 1.82) is 0 Å². The van der Waals surface area contributed by atoms with Crippen molar-refractivity contribution >= 4 is 33.2 Å². The monoisotopic (exact) mass is 417 g/mol. The molecule has 0 spiro atoms. The predicted octanol–water partition coefficient (Wildman–Crippen LogP) is 3.62. The van der Waals surface area contributed by atoms with E-state index in [1.165, 1.54) is 24.3 Å². The smallest absolute Gasteiger partial charge is 0.255 e. The molecule has 0 bridgehead atoms. The molecule has 3 N–H and O–H groups in total. The van der Waals surface area contributed by atoms with E-state index < -0.39 is 14.8 Å². The molecular formula is C21H27N3O4S. The summed E-state index contributed by atoms with van der Waals surface area (Å²) in [6.07, 6.45) is 0. The van der Waals surface area contributed by atoms with Gasteiger partial charge in [0.1, 0.15) is 0 Å². The summed E-state index contributed by atoms with van der Waals surface area (Å²) in [7, 11) is -3.54. The highest BCUT2D eigenvalue weighted by Crippen LogP contribution is 2.20. The van der Waals surface area contributed by atoms with Crippen LogP contribution < -0.4 is 15.4 Å². The van der Waals surface area contributed by atoms with Crippen LogP contribution in [-0.2, 0) is 10.0 Å². The maximum atomic E-state index is 12.5. The Bertz CT molecular complexity index is 991. The Morgan fingerprint density at radius 2 is 1.48 bits per heavy atom. The minimum Gasteiger partial charge on any atom is -0.350 e. The molecule has 0 aliphatic heterocycles. The lowest BCUT2D eigenvalue weighted by molar-refractivity contribution is 0.0941. The molecule has 7 nitrogen and oxygen atoms in total. The quantitative estimate of drug-likeness (QED) is 0.668. The standard InChI is InChI=1S/C21H27N3O4S/c1-14(2)22-20(26)16-7-6-8-18(13-16)23-19(25)15-9-11-17(12-10-15)24-29(27,28)21(3,4)5/h6-14,24H,1-5H3,(H,22,26)(H,23,25). The summed E-state index contributed by atoms with van der Waals surface area (Å²) in [6, 6.07) is 12.8. The van der Waals surface area contributed by atoms with Crippen LogP contribution in [0.25, 0.3) is 0 Å². The van der Waals surface area contributed by atoms with Crippen molar-refractivity contribution in [3.05, 3.63) is 59.7 Å². The van der Waals surface area contributed by atoms with Gasteiger partial charge in [-0.15, -0.1) is 0 Å². The van der Waals surface area contributed by atoms with E-state index in [9.17, 15) is 18.0 Å². The van der Waals surface area contributed by atoms with E-state index in [2.05, 4.69) is 15.4 Å². The second kappa shape index (κ2) is 8.65. The Kier molecular flexibility index (Phi) is 6.69. The summed E-state index contributed by atoms with van der Waals surface area (Å²) in [5.74, 6) is -0.580. The lowest BCUT2D eigenvalue weighted by Gasteiger charge is -2.20. The molecule has 0 radical (unpaired) electrons. The third kappa shape index (κ3) is 6.05. The van der Waals surface area contributed by atoms with Crippen LogP contribution in [0.1, 0.15) is 55.3 Å². The highest BCUT2D eigenvalue weighted by atomic mass is 32.2. The van der Waals surface area contributed by atoms with Crippen molar-refractivity contribution in [2.75, 3.05) is 10.0 Å². The molecule has 0 fully saturated rings. The van der Waals surface area contributed by atoms with E-state index in [-0.39, 0.29) is 17.9 Å². The van der Waals surface area contributed by atoms with Crippen molar-refractivity contribution in [2.45, 2.75) is 45.4 Å². The molecule has 156 valence electrons. The van der Waals surface area contributed by atoms with Crippen LogP contribution in [0.3, 0.4) is 0 Å².